The summed E-state index contributed by atoms with van der Waals surface area (Å²) >= 11 is 6.45. The van der Waals surface area contributed by atoms with Gasteiger partial charge >= 0.3 is 5.97 Å². The van der Waals surface area contributed by atoms with E-state index in [9.17, 15) is 19.4 Å². The summed E-state index contributed by atoms with van der Waals surface area (Å²) < 4.78 is 18.7. The van der Waals surface area contributed by atoms with Crippen LogP contribution < -0.4 is 4.74 Å². The lowest BCUT2D eigenvalue weighted by Crippen LogP contribution is -2.41. The van der Waals surface area contributed by atoms with Crippen LogP contribution in [0.4, 0.5) is 4.39 Å². The van der Waals surface area contributed by atoms with E-state index < -0.39 is 12.1 Å². The van der Waals surface area contributed by atoms with Gasteiger partial charge in [0, 0.05) is 35.7 Å². The molecule has 1 saturated heterocycles. The van der Waals surface area contributed by atoms with E-state index in [-0.39, 0.29) is 24.1 Å². The van der Waals surface area contributed by atoms with E-state index in [2.05, 4.69) is 21.7 Å². The van der Waals surface area contributed by atoms with Crippen molar-refractivity contribution in [1.82, 2.24) is 9.88 Å². The summed E-state index contributed by atoms with van der Waals surface area (Å²) in [6.07, 6.45) is 2.73. The third-order valence-electron chi connectivity index (χ3n) is 6.98. The molecule has 2 heterocycles. The Labute approximate surface area is 221 Å². The maximum atomic E-state index is 13.4. The number of hydrogen-bond acceptors (Lipinski definition) is 5. The van der Waals surface area contributed by atoms with Crippen LogP contribution in [-0.4, -0.2) is 52.8 Å². The number of piperidine rings is 1. The molecule has 0 saturated carbocycles. The Bertz CT molecular complexity index is 1320. The topological polar surface area (TPSA) is 82.9 Å². The van der Waals surface area contributed by atoms with E-state index in [0.29, 0.717) is 47.8 Å². The standard InChI is InChI=1S/C29H30ClFN2O4/c1-37-23-8-9-26-24(16-23)29(25(30)17-32-26)27(34)10-7-20-11-13-33(18-21(20)15-28(35)36)12-3-5-19-4-2-6-22(31)14-19/h2,4,6,8-9,14,16-17,20-21,27,34H,7,10-13,15,18H2,1H3,(H,35,36). The number of aliphatic carboxylic acids is 1. The molecule has 3 atom stereocenters. The molecule has 1 fully saturated rings. The van der Waals surface area contributed by atoms with Gasteiger partial charge in [-0.3, -0.25) is 14.7 Å². The third kappa shape index (κ3) is 6.98. The van der Waals surface area contributed by atoms with Crippen LogP contribution in [0, 0.1) is 29.5 Å². The van der Waals surface area contributed by atoms with E-state index in [0.717, 1.165) is 23.9 Å². The van der Waals surface area contributed by atoms with Gasteiger partial charge in [-0.15, -0.1) is 0 Å². The van der Waals surface area contributed by atoms with Crippen LogP contribution >= 0.6 is 11.6 Å². The van der Waals surface area contributed by atoms with Gasteiger partial charge in [-0.05, 0) is 74.0 Å². The van der Waals surface area contributed by atoms with E-state index in [1.54, 1.807) is 25.4 Å². The first-order valence-electron chi connectivity index (χ1n) is 12.3. The van der Waals surface area contributed by atoms with Gasteiger partial charge in [0.1, 0.15) is 11.6 Å². The van der Waals surface area contributed by atoms with Crippen molar-refractivity contribution in [2.75, 3.05) is 26.7 Å². The van der Waals surface area contributed by atoms with Crippen molar-refractivity contribution < 1.29 is 24.1 Å². The molecule has 194 valence electrons. The second-order valence-electron chi connectivity index (χ2n) is 9.45. The van der Waals surface area contributed by atoms with Crippen LogP contribution in [0.3, 0.4) is 0 Å². The second kappa shape index (κ2) is 12.4. The Kier molecular flexibility index (Phi) is 8.99. The quantitative estimate of drug-likeness (QED) is 0.388. The Morgan fingerprint density at radius 2 is 2.14 bits per heavy atom. The van der Waals surface area contributed by atoms with Crippen molar-refractivity contribution in [1.29, 1.82) is 0 Å². The number of pyridine rings is 1. The normalized spacial score (nSPS) is 18.7. The van der Waals surface area contributed by atoms with Crippen LogP contribution in [0.25, 0.3) is 10.9 Å². The van der Waals surface area contributed by atoms with Gasteiger partial charge < -0.3 is 14.9 Å². The summed E-state index contributed by atoms with van der Waals surface area (Å²) in [5.74, 6) is 5.65. The highest BCUT2D eigenvalue weighted by atomic mass is 35.5. The predicted molar refractivity (Wildman–Crippen MR) is 141 cm³/mol. The molecule has 1 aliphatic heterocycles. The number of halogens is 2. The van der Waals surface area contributed by atoms with Crippen LogP contribution in [0.1, 0.15) is 42.9 Å². The molecule has 3 aromatic rings. The van der Waals surface area contributed by atoms with Crippen molar-refractivity contribution in [3.63, 3.8) is 0 Å². The monoisotopic (exact) mass is 524 g/mol. The first-order valence-corrected chi connectivity index (χ1v) is 12.7. The number of aliphatic hydroxyl groups excluding tert-OH is 1. The number of carboxylic acids is 1. The second-order valence-corrected chi connectivity index (χ2v) is 9.86. The molecule has 8 heteroatoms. The van der Waals surface area contributed by atoms with Gasteiger partial charge in [-0.1, -0.05) is 29.5 Å². The highest BCUT2D eigenvalue weighted by Crippen LogP contribution is 2.37. The predicted octanol–water partition coefficient (Wildman–Crippen LogP) is 5.31. The van der Waals surface area contributed by atoms with Gasteiger partial charge in [0.25, 0.3) is 0 Å². The molecule has 4 rings (SSSR count). The van der Waals surface area contributed by atoms with Crippen LogP contribution in [0.5, 0.6) is 5.75 Å². The Balaban J connectivity index is 1.42. The molecule has 2 N–H and O–H groups in total. The van der Waals surface area contributed by atoms with E-state index in [1.807, 2.05) is 18.2 Å². The number of fused-ring (bicyclic) bond motifs is 1. The zero-order valence-corrected chi connectivity index (χ0v) is 21.4. The maximum absolute atomic E-state index is 13.4. The van der Waals surface area contributed by atoms with E-state index in [1.165, 1.54) is 12.1 Å². The lowest BCUT2D eigenvalue weighted by Gasteiger charge is -2.37. The lowest BCUT2D eigenvalue weighted by molar-refractivity contribution is -0.139. The van der Waals surface area contributed by atoms with Crippen molar-refractivity contribution in [3.05, 3.63) is 70.6 Å². The number of carboxylic acid groups (broad SMARTS) is 1. The molecule has 6 nitrogen and oxygen atoms in total. The van der Waals surface area contributed by atoms with Crippen molar-refractivity contribution in [3.8, 4) is 17.6 Å². The minimum Gasteiger partial charge on any atom is -0.497 e. The lowest BCUT2D eigenvalue weighted by atomic mass is 9.79. The molecule has 3 unspecified atom stereocenters. The average Bonchev–Trinajstić information content (AvgIpc) is 2.87. The number of carbonyl (C=O) groups is 1. The minimum absolute atomic E-state index is 0.0563. The fraction of sp³-hybridized carbons (Fsp3) is 0.379. The maximum Gasteiger partial charge on any atom is 0.303 e. The summed E-state index contributed by atoms with van der Waals surface area (Å²) in [6.45, 7) is 1.88. The third-order valence-corrected chi connectivity index (χ3v) is 7.29. The fourth-order valence-electron chi connectivity index (χ4n) is 5.10. The Morgan fingerprint density at radius 1 is 1.30 bits per heavy atom. The number of methoxy groups -OCH3 is 1. The molecule has 0 aliphatic carbocycles. The number of nitrogens with zero attached hydrogens (tertiary/aromatic N) is 2. The van der Waals surface area contributed by atoms with Crippen LogP contribution in [-0.2, 0) is 4.79 Å². The summed E-state index contributed by atoms with van der Waals surface area (Å²) in [6, 6.07) is 11.6. The number of hydrogen-bond donors (Lipinski definition) is 2. The van der Waals surface area contributed by atoms with Gasteiger partial charge in [-0.25, -0.2) is 4.39 Å². The molecule has 0 radical (unpaired) electrons. The van der Waals surface area contributed by atoms with Gasteiger partial charge in [0.15, 0.2) is 0 Å². The van der Waals surface area contributed by atoms with Gasteiger partial charge in [0.05, 0.1) is 30.3 Å². The van der Waals surface area contributed by atoms with E-state index in [4.69, 9.17) is 16.3 Å². The molecular weight excluding hydrogens is 495 g/mol. The molecule has 0 bridgehead atoms. The first-order chi connectivity index (χ1) is 17.8. The van der Waals surface area contributed by atoms with Gasteiger partial charge in [0.2, 0.25) is 0 Å². The number of benzene rings is 2. The number of ether oxygens (including phenoxy) is 1. The molecular formula is C29H30ClFN2O4. The Hall–Kier alpha value is -3.18. The first kappa shape index (κ1) is 26.9. The summed E-state index contributed by atoms with van der Waals surface area (Å²) in [7, 11) is 1.58. The fourth-order valence-corrected chi connectivity index (χ4v) is 5.38. The molecule has 37 heavy (non-hydrogen) atoms. The smallest absolute Gasteiger partial charge is 0.303 e. The average molecular weight is 525 g/mol. The summed E-state index contributed by atoms with van der Waals surface area (Å²) in [5, 5.41) is 21.8. The zero-order valence-electron chi connectivity index (χ0n) is 20.7. The Morgan fingerprint density at radius 3 is 2.89 bits per heavy atom. The van der Waals surface area contributed by atoms with E-state index >= 15 is 0 Å². The highest BCUT2D eigenvalue weighted by molar-refractivity contribution is 6.32. The molecule has 2 aromatic carbocycles. The van der Waals surface area contributed by atoms with Crippen LogP contribution in [0.2, 0.25) is 5.02 Å². The molecule has 1 aliphatic rings. The number of aliphatic hydroxyl groups is 1. The summed E-state index contributed by atoms with van der Waals surface area (Å²) in [4.78, 5) is 18.1. The van der Waals surface area contributed by atoms with Gasteiger partial charge in [-0.2, -0.15) is 0 Å². The van der Waals surface area contributed by atoms with Crippen molar-refractivity contribution in [2.45, 2.75) is 31.8 Å². The number of rotatable bonds is 8. The van der Waals surface area contributed by atoms with Crippen molar-refractivity contribution >= 4 is 28.5 Å². The summed E-state index contributed by atoms with van der Waals surface area (Å²) in [5.41, 5.74) is 1.95. The molecule has 1 aromatic heterocycles. The number of likely N-dealkylation sites (tertiary alicyclic amines) is 1. The number of aromatic nitrogens is 1. The highest BCUT2D eigenvalue weighted by Gasteiger charge is 2.31. The SMILES string of the molecule is COc1ccc2ncc(Cl)c(C(O)CCC3CCN(CC#Cc4cccc(F)c4)CC3CC(=O)O)c2c1. The minimum atomic E-state index is -0.835. The van der Waals surface area contributed by atoms with Crippen LogP contribution in [0.15, 0.2) is 48.7 Å². The molecule has 0 spiro atoms. The largest absolute Gasteiger partial charge is 0.497 e. The molecule has 0 amide bonds. The van der Waals surface area contributed by atoms with Crippen molar-refractivity contribution in [2.24, 2.45) is 11.8 Å². The zero-order chi connectivity index (χ0) is 26.4.